The van der Waals surface area contributed by atoms with Gasteiger partial charge in [0.1, 0.15) is 0 Å². The molecule has 1 aliphatic rings. The standard InChI is InChI=1S/C16H25N3O2/c1-13-2-4-15(5-3-13)19(16(17)20)10-11-21-12-14-6-8-18-9-7-14/h6-9,13,15H,2-5,10-12H2,1H3,(H2,17,20)/t13-,15-. The summed E-state index contributed by atoms with van der Waals surface area (Å²) in [6.07, 6.45) is 7.94. The number of carbonyl (C=O) groups excluding carboxylic acids is 1. The lowest BCUT2D eigenvalue weighted by Gasteiger charge is -2.35. The van der Waals surface area contributed by atoms with Crippen LogP contribution < -0.4 is 5.73 Å². The van der Waals surface area contributed by atoms with Crippen molar-refractivity contribution in [1.82, 2.24) is 9.88 Å². The van der Waals surface area contributed by atoms with Crippen LogP contribution in [0.15, 0.2) is 24.5 Å². The highest BCUT2D eigenvalue weighted by molar-refractivity contribution is 5.72. The number of hydrogen-bond donors (Lipinski definition) is 1. The van der Waals surface area contributed by atoms with Crippen LogP contribution in [0.3, 0.4) is 0 Å². The van der Waals surface area contributed by atoms with Crippen LogP contribution in [0, 0.1) is 5.92 Å². The van der Waals surface area contributed by atoms with Crippen LogP contribution in [0.1, 0.15) is 38.2 Å². The molecule has 0 radical (unpaired) electrons. The van der Waals surface area contributed by atoms with Gasteiger partial charge in [0.15, 0.2) is 0 Å². The van der Waals surface area contributed by atoms with Crippen molar-refractivity contribution < 1.29 is 9.53 Å². The van der Waals surface area contributed by atoms with E-state index in [9.17, 15) is 4.79 Å². The van der Waals surface area contributed by atoms with Gasteiger partial charge in [0.05, 0.1) is 13.2 Å². The molecule has 0 spiro atoms. The first-order chi connectivity index (χ1) is 10.2. The second-order valence-corrected chi connectivity index (χ2v) is 5.85. The average molecular weight is 291 g/mol. The summed E-state index contributed by atoms with van der Waals surface area (Å²) in [5, 5.41) is 0. The fraction of sp³-hybridized carbons (Fsp3) is 0.625. The maximum atomic E-state index is 11.6. The van der Waals surface area contributed by atoms with E-state index in [0.717, 1.165) is 24.3 Å². The number of carbonyl (C=O) groups is 1. The van der Waals surface area contributed by atoms with E-state index in [1.165, 1.54) is 12.8 Å². The van der Waals surface area contributed by atoms with Gasteiger partial charge < -0.3 is 15.4 Å². The molecule has 1 fully saturated rings. The average Bonchev–Trinajstić information content (AvgIpc) is 2.49. The number of primary amides is 1. The smallest absolute Gasteiger partial charge is 0.315 e. The zero-order chi connectivity index (χ0) is 15.1. The van der Waals surface area contributed by atoms with Crippen LogP contribution in [0.2, 0.25) is 0 Å². The largest absolute Gasteiger partial charge is 0.375 e. The molecule has 1 heterocycles. The minimum atomic E-state index is -0.331. The van der Waals surface area contributed by atoms with Gasteiger partial charge in [-0.15, -0.1) is 0 Å². The van der Waals surface area contributed by atoms with E-state index in [0.29, 0.717) is 19.8 Å². The summed E-state index contributed by atoms with van der Waals surface area (Å²) in [4.78, 5) is 17.4. The Labute approximate surface area is 126 Å². The van der Waals surface area contributed by atoms with E-state index in [1.807, 2.05) is 12.1 Å². The second-order valence-electron chi connectivity index (χ2n) is 5.85. The number of urea groups is 1. The Bertz CT molecular complexity index is 430. The van der Waals surface area contributed by atoms with Crippen molar-refractivity contribution in [2.75, 3.05) is 13.2 Å². The van der Waals surface area contributed by atoms with Crippen LogP contribution in [-0.4, -0.2) is 35.1 Å². The predicted molar refractivity (Wildman–Crippen MR) is 81.6 cm³/mol. The third-order valence-electron chi connectivity index (χ3n) is 4.20. The maximum absolute atomic E-state index is 11.6. The molecule has 5 heteroatoms. The van der Waals surface area contributed by atoms with Gasteiger partial charge in [-0.25, -0.2) is 4.79 Å². The third kappa shape index (κ3) is 5.01. The Morgan fingerprint density at radius 2 is 2.00 bits per heavy atom. The van der Waals surface area contributed by atoms with Crippen molar-refractivity contribution in [2.45, 2.75) is 45.3 Å². The zero-order valence-electron chi connectivity index (χ0n) is 12.7. The molecule has 116 valence electrons. The fourth-order valence-electron chi connectivity index (χ4n) is 2.86. The normalized spacial score (nSPS) is 22.0. The lowest BCUT2D eigenvalue weighted by Crippen LogP contribution is -2.46. The van der Waals surface area contributed by atoms with Crippen molar-refractivity contribution in [3.8, 4) is 0 Å². The molecule has 0 bridgehead atoms. The van der Waals surface area contributed by atoms with Crippen molar-refractivity contribution in [3.05, 3.63) is 30.1 Å². The molecule has 1 aromatic rings. The molecule has 0 atom stereocenters. The highest BCUT2D eigenvalue weighted by Crippen LogP contribution is 2.26. The lowest BCUT2D eigenvalue weighted by atomic mass is 9.86. The van der Waals surface area contributed by atoms with Gasteiger partial charge in [-0.3, -0.25) is 4.98 Å². The fourth-order valence-corrected chi connectivity index (χ4v) is 2.86. The summed E-state index contributed by atoms with van der Waals surface area (Å²) < 4.78 is 5.64. The number of amides is 2. The molecule has 2 amide bonds. The van der Waals surface area contributed by atoms with Gasteiger partial charge in [-0.05, 0) is 49.3 Å². The number of aromatic nitrogens is 1. The van der Waals surface area contributed by atoms with Crippen LogP contribution in [0.4, 0.5) is 4.79 Å². The van der Waals surface area contributed by atoms with Gasteiger partial charge in [0, 0.05) is 25.0 Å². The van der Waals surface area contributed by atoms with Gasteiger partial charge >= 0.3 is 6.03 Å². The van der Waals surface area contributed by atoms with Crippen molar-refractivity contribution in [2.24, 2.45) is 11.7 Å². The Balaban J connectivity index is 1.74. The van der Waals surface area contributed by atoms with Crippen LogP contribution in [0.25, 0.3) is 0 Å². The minimum absolute atomic E-state index is 0.281. The van der Waals surface area contributed by atoms with E-state index >= 15 is 0 Å². The molecule has 1 saturated carbocycles. The highest BCUT2D eigenvalue weighted by atomic mass is 16.5. The van der Waals surface area contributed by atoms with E-state index in [1.54, 1.807) is 17.3 Å². The first kappa shape index (κ1) is 15.8. The Morgan fingerprint density at radius 1 is 1.33 bits per heavy atom. The summed E-state index contributed by atoms with van der Waals surface area (Å²) in [7, 11) is 0. The lowest BCUT2D eigenvalue weighted by molar-refractivity contribution is 0.0801. The molecule has 21 heavy (non-hydrogen) atoms. The summed E-state index contributed by atoms with van der Waals surface area (Å²) >= 11 is 0. The summed E-state index contributed by atoms with van der Waals surface area (Å²) in [5.74, 6) is 0.763. The molecule has 5 nitrogen and oxygen atoms in total. The topological polar surface area (TPSA) is 68.4 Å². The Morgan fingerprint density at radius 3 is 2.62 bits per heavy atom. The predicted octanol–water partition coefficient (Wildman–Crippen LogP) is 2.56. The van der Waals surface area contributed by atoms with Crippen molar-refractivity contribution in [3.63, 3.8) is 0 Å². The zero-order valence-corrected chi connectivity index (χ0v) is 12.7. The molecule has 0 saturated heterocycles. The number of nitrogens with zero attached hydrogens (tertiary/aromatic N) is 2. The molecular weight excluding hydrogens is 266 g/mol. The molecule has 0 unspecified atom stereocenters. The van der Waals surface area contributed by atoms with Crippen LogP contribution in [-0.2, 0) is 11.3 Å². The summed E-state index contributed by atoms with van der Waals surface area (Å²) in [6.45, 7) is 3.89. The van der Waals surface area contributed by atoms with Crippen LogP contribution >= 0.6 is 0 Å². The third-order valence-corrected chi connectivity index (χ3v) is 4.20. The van der Waals surface area contributed by atoms with E-state index in [2.05, 4.69) is 11.9 Å². The quantitative estimate of drug-likeness (QED) is 0.819. The van der Waals surface area contributed by atoms with E-state index in [-0.39, 0.29) is 12.1 Å². The van der Waals surface area contributed by atoms with E-state index < -0.39 is 0 Å². The SMILES string of the molecule is C[C@H]1CC[C@H](N(CCOCc2ccncc2)C(N)=O)CC1. The maximum Gasteiger partial charge on any atom is 0.315 e. The molecule has 2 rings (SSSR count). The molecule has 0 aromatic carbocycles. The molecule has 1 aromatic heterocycles. The number of nitrogens with two attached hydrogens (primary N) is 1. The summed E-state index contributed by atoms with van der Waals surface area (Å²) in [5.41, 5.74) is 6.60. The van der Waals surface area contributed by atoms with Crippen molar-refractivity contribution >= 4 is 6.03 Å². The van der Waals surface area contributed by atoms with Gasteiger partial charge in [-0.2, -0.15) is 0 Å². The first-order valence-electron chi connectivity index (χ1n) is 7.69. The van der Waals surface area contributed by atoms with Gasteiger partial charge in [0.2, 0.25) is 0 Å². The highest BCUT2D eigenvalue weighted by Gasteiger charge is 2.25. The molecular formula is C16H25N3O2. The number of pyridine rings is 1. The Kier molecular flexibility index (Phi) is 5.99. The molecule has 0 aliphatic heterocycles. The number of ether oxygens (including phenoxy) is 1. The molecule has 1 aliphatic carbocycles. The first-order valence-corrected chi connectivity index (χ1v) is 7.69. The number of hydrogen-bond acceptors (Lipinski definition) is 3. The Hall–Kier alpha value is -1.62. The van der Waals surface area contributed by atoms with Crippen molar-refractivity contribution in [1.29, 1.82) is 0 Å². The second kappa shape index (κ2) is 7.98. The minimum Gasteiger partial charge on any atom is -0.375 e. The van der Waals surface area contributed by atoms with E-state index in [4.69, 9.17) is 10.5 Å². The van der Waals surface area contributed by atoms with Gasteiger partial charge in [-0.1, -0.05) is 6.92 Å². The monoisotopic (exact) mass is 291 g/mol. The molecule has 2 N–H and O–H groups in total. The van der Waals surface area contributed by atoms with Gasteiger partial charge in [0.25, 0.3) is 0 Å². The van der Waals surface area contributed by atoms with Crippen LogP contribution in [0.5, 0.6) is 0 Å². The number of rotatable bonds is 6. The summed E-state index contributed by atoms with van der Waals surface area (Å²) in [6, 6.07) is 3.80.